The number of nitrogens with zero attached hydrogens (tertiary/aromatic N) is 3. The van der Waals surface area contributed by atoms with Gasteiger partial charge in [0, 0.05) is 34.8 Å². The lowest BCUT2D eigenvalue weighted by atomic mass is 9.93. The van der Waals surface area contributed by atoms with E-state index >= 15 is 0 Å². The summed E-state index contributed by atoms with van der Waals surface area (Å²) < 4.78 is 37.1. The predicted octanol–water partition coefficient (Wildman–Crippen LogP) is 6.22. The topological polar surface area (TPSA) is 65.6 Å². The Hall–Kier alpha value is -5.41. The second-order valence-electron chi connectivity index (χ2n) is 10.8. The summed E-state index contributed by atoms with van der Waals surface area (Å²) in [4.78, 5) is 33.2. The lowest BCUT2D eigenvalue weighted by Crippen LogP contribution is -2.40. The molecule has 0 unspecified atom stereocenters. The summed E-state index contributed by atoms with van der Waals surface area (Å²) in [5, 5.41) is 0.947. The summed E-state index contributed by atoms with van der Waals surface area (Å²) in [7, 11) is 0. The number of benzene rings is 4. The van der Waals surface area contributed by atoms with Gasteiger partial charge in [0.15, 0.2) is 4.80 Å². The van der Waals surface area contributed by atoms with Crippen molar-refractivity contribution in [3.05, 3.63) is 168 Å². The number of para-hydroxylation sites is 1. The van der Waals surface area contributed by atoms with E-state index in [-0.39, 0.29) is 23.6 Å². The monoisotopic (exact) mass is 631 g/mol. The van der Waals surface area contributed by atoms with Crippen LogP contribution in [0.1, 0.15) is 35.2 Å². The van der Waals surface area contributed by atoms with E-state index in [1.807, 2.05) is 66.9 Å². The van der Waals surface area contributed by atoms with Gasteiger partial charge in [0.05, 0.1) is 28.5 Å². The molecule has 9 heteroatoms. The zero-order valence-electron chi connectivity index (χ0n) is 24.7. The second kappa shape index (κ2) is 12.2. The van der Waals surface area contributed by atoms with Gasteiger partial charge in [0.25, 0.3) is 5.56 Å². The highest BCUT2D eigenvalue weighted by atomic mass is 32.1. The van der Waals surface area contributed by atoms with Crippen LogP contribution in [-0.2, 0) is 16.1 Å². The molecule has 0 spiro atoms. The van der Waals surface area contributed by atoms with Crippen LogP contribution in [-0.4, -0.2) is 21.7 Å². The summed E-state index contributed by atoms with van der Waals surface area (Å²) >= 11 is 1.22. The van der Waals surface area contributed by atoms with Gasteiger partial charge in [0.1, 0.15) is 11.6 Å². The van der Waals surface area contributed by atoms with E-state index in [0.717, 1.165) is 22.0 Å². The van der Waals surface area contributed by atoms with E-state index in [2.05, 4.69) is 4.57 Å². The lowest BCUT2D eigenvalue weighted by Gasteiger charge is -2.25. The van der Waals surface area contributed by atoms with E-state index in [9.17, 15) is 18.4 Å². The Labute approximate surface area is 266 Å². The number of aromatic nitrogens is 2. The van der Waals surface area contributed by atoms with E-state index in [0.29, 0.717) is 32.7 Å². The molecule has 1 aliphatic rings. The number of ether oxygens (including phenoxy) is 1. The molecule has 1 atom stereocenters. The second-order valence-corrected chi connectivity index (χ2v) is 11.8. The Kier molecular flexibility index (Phi) is 7.76. The molecule has 2 aromatic heterocycles. The number of hydrogen-bond acceptors (Lipinski definition) is 5. The van der Waals surface area contributed by atoms with Crippen molar-refractivity contribution in [1.29, 1.82) is 0 Å². The molecule has 0 saturated heterocycles. The third-order valence-electron chi connectivity index (χ3n) is 7.93. The number of rotatable bonds is 7. The molecule has 0 bridgehead atoms. The zero-order chi connectivity index (χ0) is 31.8. The highest BCUT2D eigenvalue weighted by Crippen LogP contribution is 2.35. The van der Waals surface area contributed by atoms with Gasteiger partial charge in [0.2, 0.25) is 0 Å². The summed E-state index contributed by atoms with van der Waals surface area (Å²) in [6.07, 6.45) is 3.81. The van der Waals surface area contributed by atoms with Gasteiger partial charge in [-0.05, 0) is 54.5 Å². The van der Waals surface area contributed by atoms with Crippen molar-refractivity contribution in [2.45, 2.75) is 19.5 Å². The fourth-order valence-electron chi connectivity index (χ4n) is 5.85. The van der Waals surface area contributed by atoms with Gasteiger partial charge in [-0.3, -0.25) is 9.36 Å². The Bertz CT molecular complexity index is 2300. The molecule has 0 aliphatic carbocycles. The quantitative estimate of drug-likeness (QED) is 0.197. The number of carbonyl (C=O) groups excluding carboxylic acids is 1. The van der Waals surface area contributed by atoms with Gasteiger partial charge in [-0.2, -0.15) is 0 Å². The van der Waals surface area contributed by atoms with E-state index in [4.69, 9.17) is 9.73 Å². The van der Waals surface area contributed by atoms with Crippen molar-refractivity contribution in [1.82, 2.24) is 9.13 Å². The van der Waals surface area contributed by atoms with Crippen LogP contribution in [0.2, 0.25) is 0 Å². The molecule has 3 heterocycles. The van der Waals surface area contributed by atoms with Crippen LogP contribution < -0.4 is 14.9 Å². The highest BCUT2D eigenvalue weighted by Gasteiger charge is 2.35. The van der Waals surface area contributed by atoms with Crippen molar-refractivity contribution in [3.63, 3.8) is 0 Å². The Morgan fingerprint density at radius 3 is 2.30 bits per heavy atom. The molecule has 6 aromatic rings. The smallest absolute Gasteiger partial charge is 0.338 e. The molecule has 6 nitrogen and oxygen atoms in total. The van der Waals surface area contributed by atoms with Crippen LogP contribution in [0.4, 0.5) is 8.78 Å². The van der Waals surface area contributed by atoms with Crippen LogP contribution in [0, 0.1) is 11.6 Å². The van der Waals surface area contributed by atoms with E-state index in [1.165, 1.54) is 40.2 Å². The van der Waals surface area contributed by atoms with Crippen LogP contribution in [0.3, 0.4) is 0 Å². The molecular formula is C37H27F2N3O3S. The van der Waals surface area contributed by atoms with Crippen molar-refractivity contribution in [2.24, 2.45) is 4.99 Å². The average molecular weight is 632 g/mol. The Morgan fingerprint density at radius 1 is 0.913 bits per heavy atom. The zero-order valence-corrected chi connectivity index (χ0v) is 25.5. The van der Waals surface area contributed by atoms with Gasteiger partial charge < -0.3 is 9.30 Å². The normalized spacial score (nSPS) is 14.8. The molecule has 0 saturated carbocycles. The van der Waals surface area contributed by atoms with Crippen molar-refractivity contribution >= 4 is 40.0 Å². The SMILES string of the molecule is CCOC(=O)C1=C(c2ccccc2)N=c2s/c(=C\c3cn(Cc4ccc(F)cc4)c4ccccc34)c(=O)n2[C@H]1c1ccc(F)cc1. The first kappa shape index (κ1) is 29.3. The molecule has 0 amide bonds. The molecule has 0 N–H and O–H groups in total. The minimum absolute atomic E-state index is 0.132. The standard InChI is InChI=1S/C37H27F2N3O3S/c1-2-45-36(44)32-33(24-8-4-3-5-9-24)40-37-42(34(32)25-14-18-28(39)19-15-25)35(43)31(46-37)20-26-22-41(30-11-7-6-10-29(26)30)21-23-12-16-27(38)17-13-23/h3-20,22,34H,2,21H2,1H3/b31-20-/t34-/m0/s1. The first-order valence-electron chi connectivity index (χ1n) is 14.8. The van der Waals surface area contributed by atoms with Gasteiger partial charge >= 0.3 is 5.97 Å². The number of carbonyl (C=O) groups is 1. The van der Waals surface area contributed by atoms with Crippen LogP contribution in [0.15, 0.2) is 125 Å². The predicted molar refractivity (Wildman–Crippen MR) is 175 cm³/mol. The summed E-state index contributed by atoms with van der Waals surface area (Å²) in [6.45, 7) is 2.37. The summed E-state index contributed by atoms with van der Waals surface area (Å²) in [6, 6.07) is 28.4. The van der Waals surface area contributed by atoms with Crippen LogP contribution in [0.5, 0.6) is 0 Å². The number of halogens is 2. The minimum Gasteiger partial charge on any atom is -0.463 e. The first-order valence-corrected chi connectivity index (χ1v) is 15.6. The van der Waals surface area contributed by atoms with Gasteiger partial charge in [-0.1, -0.05) is 84.1 Å². The number of fused-ring (bicyclic) bond motifs is 2. The van der Waals surface area contributed by atoms with Crippen LogP contribution >= 0.6 is 11.3 Å². The van der Waals surface area contributed by atoms with E-state index < -0.39 is 17.8 Å². The maximum Gasteiger partial charge on any atom is 0.338 e. The maximum atomic E-state index is 14.3. The lowest BCUT2D eigenvalue weighted by molar-refractivity contribution is -0.138. The van der Waals surface area contributed by atoms with Gasteiger partial charge in [-0.25, -0.2) is 18.6 Å². The van der Waals surface area contributed by atoms with Gasteiger partial charge in [-0.15, -0.1) is 0 Å². The molecule has 4 aromatic carbocycles. The Balaban J connectivity index is 1.44. The van der Waals surface area contributed by atoms with E-state index in [1.54, 1.807) is 31.2 Å². The number of esters is 1. The minimum atomic E-state index is -0.895. The fraction of sp³-hybridized carbons (Fsp3) is 0.108. The molecular weight excluding hydrogens is 604 g/mol. The molecule has 7 rings (SSSR count). The molecule has 228 valence electrons. The molecule has 46 heavy (non-hydrogen) atoms. The summed E-state index contributed by atoms with van der Waals surface area (Å²) in [5.74, 6) is -1.33. The maximum absolute atomic E-state index is 14.3. The van der Waals surface area contributed by atoms with Crippen LogP contribution in [0.25, 0.3) is 22.7 Å². The summed E-state index contributed by atoms with van der Waals surface area (Å²) in [5.41, 5.74) is 4.25. The van der Waals surface area contributed by atoms with Crippen molar-refractivity contribution < 1.29 is 18.3 Å². The average Bonchev–Trinajstić information content (AvgIpc) is 3.58. The third kappa shape index (κ3) is 5.39. The molecule has 1 aliphatic heterocycles. The third-order valence-corrected chi connectivity index (χ3v) is 8.91. The number of thiazole rings is 1. The highest BCUT2D eigenvalue weighted by molar-refractivity contribution is 7.07. The molecule has 0 radical (unpaired) electrons. The first-order chi connectivity index (χ1) is 22.4. The largest absolute Gasteiger partial charge is 0.463 e. The van der Waals surface area contributed by atoms with Crippen molar-refractivity contribution in [3.8, 4) is 0 Å². The van der Waals surface area contributed by atoms with Crippen molar-refractivity contribution in [2.75, 3.05) is 6.61 Å². The molecule has 0 fully saturated rings. The number of hydrogen-bond donors (Lipinski definition) is 0. The Morgan fingerprint density at radius 2 is 1.59 bits per heavy atom. The fourth-order valence-corrected chi connectivity index (χ4v) is 6.84.